The number of benzene rings is 1. The number of hydrogen-bond donors (Lipinski definition) is 1. The van der Waals surface area contributed by atoms with Gasteiger partial charge in [0, 0.05) is 6.54 Å². The van der Waals surface area contributed by atoms with E-state index in [2.05, 4.69) is 19.2 Å². The molecule has 0 spiro atoms. The van der Waals surface area contributed by atoms with E-state index < -0.39 is 0 Å². The second kappa shape index (κ2) is 8.78. The number of amides is 1. The fourth-order valence-electron chi connectivity index (χ4n) is 2.06. The number of methoxy groups -OCH3 is 2. The van der Waals surface area contributed by atoms with Gasteiger partial charge >= 0.3 is 0 Å². The molecule has 5 heteroatoms. The van der Waals surface area contributed by atoms with Crippen molar-refractivity contribution < 1.29 is 14.3 Å². The van der Waals surface area contributed by atoms with Gasteiger partial charge in [0.1, 0.15) is 0 Å². The summed E-state index contributed by atoms with van der Waals surface area (Å²) in [5.74, 6) is 1.75. The van der Waals surface area contributed by atoms with Crippen LogP contribution >= 0.6 is 11.6 Å². The van der Waals surface area contributed by atoms with Crippen molar-refractivity contribution in [2.24, 2.45) is 5.92 Å². The molecule has 21 heavy (non-hydrogen) atoms. The molecule has 0 radical (unpaired) electrons. The van der Waals surface area contributed by atoms with Gasteiger partial charge in [-0.25, -0.2) is 0 Å². The molecule has 4 nitrogen and oxygen atoms in total. The Morgan fingerprint density at radius 3 is 2.48 bits per heavy atom. The van der Waals surface area contributed by atoms with Crippen LogP contribution in [0.15, 0.2) is 18.2 Å². The molecule has 0 aliphatic carbocycles. The van der Waals surface area contributed by atoms with E-state index in [1.54, 1.807) is 20.3 Å². The Hall–Kier alpha value is -1.42. The van der Waals surface area contributed by atoms with Crippen molar-refractivity contribution in [3.8, 4) is 11.5 Å². The van der Waals surface area contributed by atoms with Crippen LogP contribution in [0.2, 0.25) is 0 Å². The second-order valence-electron chi connectivity index (χ2n) is 5.40. The maximum absolute atomic E-state index is 11.9. The fraction of sp³-hybridized carbons (Fsp3) is 0.562. The molecule has 1 aromatic carbocycles. The second-order valence-corrected chi connectivity index (χ2v) is 6.01. The van der Waals surface area contributed by atoms with Crippen molar-refractivity contribution >= 4 is 17.5 Å². The third kappa shape index (κ3) is 6.25. The molecule has 118 valence electrons. The SMILES string of the molecule is COc1ccc(CC(=O)NCC(Cl)CC(C)C)cc1OC. The fourth-order valence-corrected chi connectivity index (χ4v) is 2.49. The number of nitrogens with one attached hydrogen (secondary N) is 1. The monoisotopic (exact) mass is 313 g/mol. The van der Waals surface area contributed by atoms with Crippen molar-refractivity contribution in [3.05, 3.63) is 23.8 Å². The predicted molar refractivity (Wildman–Crippen MR) is 85.4 cm³/mol. The summed E-state index contributed by atoms with van der Waals surface area (Å²) < 4.78 is 10.4. The van der Waals surface area contributed by atoms with E-state index in [1.807, 2.05) is 12.1 Å². The molecule has 1 atom stereocenters. The smallest absolute Gasteiger partial charge is 0.224 e. The molecule has 0 bridgehead atoms. The van der Waals surface area contributed by atoms with E-state index in [4.69, 9.17) is 21.1 Å². The number of carbonyl (C=O) groups excluding carboxylic acids is 1. The van der Waals surface area contributed by atoms with Crippen LogP contribution in [0.3, 0.4) is 0 Å². The maximum atomic E-state index is 11.9. The molecule has 0 aromatic heterocycles. The van der Waals surface area contributed by atoms with E-state index in [9.17, 15) is 4.79 Å². The molecular weight excluding hydrogens is 290 g/mol. The molecule has 0 fully saturated rings. The summed E-state index contributed by atoms with van der Waals surface area (Å²) >= 11 is 6.16. The summed E-state index contributed by atoms with van der Waals surface area (Å²) in [6.07, 6.45) is 1.18. The van der Waals surface area contributed by atoms with Crippen molar-refractivity contribution in [3.63, 3.8) is 0 Å². The molecule has 1 amide bonds. The zero-order valence-corrected chi connectivity index (χ0v) is 13.9. The number of ether oxygens (including phenoxy) is 2. The van der Waals surface area contributed by atoms with Crippen molar-refractivity contribution in [2.75, 3.05) is 20.8 Å². The van der Waals surface area contributed by atoms with Crippen molar-refractivity contribution in [1.29, 1.82) is 0 Å². The number of halogens is 1. The summed E-state index contributed by atoms with van der Waals surface area (Å²) in [4.78, 5) is 11.9. The molecule has 0 aliphatic rings. The highest BCUT2D eigenvalue weighted by Gasteiger charge is 2.11. The molecule has 0 saturated carbocycles. The molecule has 0 aliphatic heterocycles. The van der Waals surface area contributed by atoms with Crippen LogP contribution in [-0.2, 0) is 11.2 Å². The van der Waals surface area contributed by atoms with Gasteiger partial charge in [0.2, 0.25) is 5.91 Å². The number of carbonyl (C=O) groups is 1. The lowest BCUT2D eigenvalue weighted by atomic mass is 10.1. The Bertz CT molecular complexity index is 463. The van der Waals surface area contributed by atoms with Crippen LogP contribution < -0.4 is 14.8 Å². The molecule has 1 rings (SSSR count). The maximum Gasteiger partial charge on any atom is 0.224 e. The Kier molecular flexibility index (Phi) is 7.37. The average molecular weight is 314 g/mol. The summed E-state index contributed by atoms with van der Waals surface area (Å²) in [6, 6.07) is 5.46. The molecule has 0 saturated heterocycles. The van der Waals surface area contributed by atoms with E-state index in [0.29, 0.717) is 30.4 Å². The van der Waals surface area contributed by atoms with Crippen LogP contribution in [0, 0.1) is 5.92 Å². The molecule has 1 unspecified atom stereocenters. The number of hydrogen-bond acceptors (Lipinski definition) is 3. The van der Waals surface area contributed by atoms with Gasteiger partial charge < -0.3 is 14.8 Å². The quantitative estimate of drug-likeness (QED) is 0.750. The Balaban J connectivity index is 2.51. The first kappa shape index (κ1) is 17.6. The molecule has 1 N–H and O–H groups in total. The number of alkyl halides is 1. The lowest BCUT2D eigenvalue weighted by Gasteiger charge is -2.13. The third-order valence-corrected chi connectivity index (χ3v) is 3.39. The first-order chi connectivity index (χ1) is 9.96. The highest BCUT2D eigenvalue weighted by Crippen LogP contribution is 2.27. The highest BCUT2D eigenvalue weighted by atomic mass is 35.5. The Morgan fingerprint density at radius 1 is 1.24 bits per heavy atom. The topological polar surface area (TPSA) is 47.6 Å². The summed E-state index contributed by atoms with van der Waals surface area (Å²) in [6.45, 7) is 4.72. The van der Waals surface area contributed by atoms with Gasteiger partial charge in [0.05, 0.1) is 26.0 Å². The van der Waals surface area contributed by atoms with Gasteiger partial charge in [-0.2, -0.15) is 0 Å². The van der Waals surface area contributed by atoms with Crippen molar-refractivity contribution in [2.45, 2.75) is 32.1 Å². The largest absolute Gasteiger partial charge is 0.493 e. The normalized spacial score (nSPS) is 12.1. The standard InChI is InChI=1S/C16H24ClNO3/c1-11(2)7-13(17)10-18-16(19)9-12-5-6-14(20-3)15(8-12)21-4/h5-6,8,11,13H,7,9-10H2,1-4H3,(H,18,19). The van der Waals surface area contributed by atoms with Gasteiger partial charge in [-0.1, -0.05) is 19.9 Å². The summed E-state index contributed by atoms with van der Waals surface area (Å²) in [5, 5.41) is 2.83. The zero-order chi connectivity index (χ0) is 15.8. The Morgan fingerprint density at radius 2 is 1.90 bits per heavy atom. The van der Waals surface area contributed by atoms with Gasteiger partial charge in [0.25, 0.3) is 0 Å². The van der Waals surface area contributed by atoms with Crippen LogP contribution in [0.5, 0.6) is 11.5 Å². The van der Waals surface area contributed by atoms with Gasteiger partial charge in [0.15, 0.2) is 11.5 Å². The van der Waals surface area contributed by atoms with Crippen LogP contribution in [0.1, 0.15) is 25.8 Å². The number of rotatable bonds is 8. The molecular formula is C16H24ClNO3. The average Bonchev–Trinajstić information content (AvgIpc) is 2.44. The lowest BCUT2D eigenvalue weighted by Crippen LogP contribution is -2.31. The van der Waals surface area contributed by atoms with Crippen LogP contribution in [0.25, 0.3) is 0 Å². The van der Waals surface area contributed by atoms with Crippen LogP contribution in [-0.4, -0.2) is 32.0 Å². The van der Waals surface area contributed by atoms with Gasteiger partial charge in [-0.15, -0.1) is 11.6 Å². The first-order valence-electron chi connectivity index (χ1n) is 7.08. The third-order valence-electron chi connectivity index (χ3n) is 3.06. The highest BCUT2D eigenvalue weighted by molar-refractivity contribution is 6.20. The Labute approximate surface area is 131 Å². The molecule has 0 heterocycles. The first-order valence-corrected chi connectivity index (χ1v) is 7.51. The lowest BCUT2D eigenvalue weighted by molar-refractivity contribution is -0.120. The minimum atomic E-state index is -0.0448. The van der Waals surface area contributed by atoms with Gasteiger partial charge in [-0.3, -0.25) is 4.79 Å². The van der Waals surface area contributed by atoms with E-state index in [1.165, 1.54) is 0 Å². The van der Waals surface area contributed by atoms with E-state index >= 15 is 0 Å². The minimum absolute atomic E-state index is 0.0284. The van der Waals surface area contributed by atoms with Gasteiger partial charge in [-0.05, 0) is 30.0 Å². The van der Waals surface area contributed by atoms with E-state index in [0.717, 1.165) is 12.0 Å². The summed E-state index contributed by atoms with van der Waals surface area (Å²) in [7, 11) is 3.16. The van der Waals surface area contributed by atoms with E-state index in [-0.39, 0.29) is 11.3 Å². The summed E-state index contributed by atoms with van der Waals surface area (Å²) in [5.41, 5.74) is 0.875. The predicted octanol–water partition coefficient (Wildman–Crippen LogP) is 3.02. The molecule has 1 aromatic rings. The zero-order valence-electron chi connectivity index (χ0n) is 13.1. The van der Waals surface area contributed by atoms with Crippen molar-refractivity contribution in [1.82, 2.24) is 5.32 Å². The minimum Gasteiger partial charge on any atom is -0.493 e. The van der Waals surface area contributed by atoms with Crippen LogP contribution in [0.4, 0.5) is 0 Å².